The molecule has 4 rings (SSSR count). The molecule has 0 radical (unpaired) electrons. The number of rotatable bonds is 4. The Bertz CT molecular complexity index is 1140. The average molecular weight is 357 g/mol. The van der Waals surface area contributed by atoms with Crippen LogP contribution in [0.3, 0.4) is 0 Å². The Labute approximate surface area is 154 Å². The molecule has 0 atom stereocenters. The molecule has 27 heavy (non-hydrogen) atoms. The van der Waals surface area contributed by atoms with E-state index in [2.05, 4.69) is 33.5 Å². The van der Waals surface area contributed by atoms with E-state index in [1.165, 1.54) is 0 Å². The van der Waals surface area contributed by atoms with Crippen LogP contribution in [0.15, 0.2) is 72.8 Å². The quantitative estimate of drug-likeness (QED) is 0.482. The smallest absolute Gasteiger partial charge is 0.328 e. The molecular weight excluding hydrogens is 342 g/mol. The fourth-order valence-corrected chi connectivity index (χ4v) is 2.88. The number of carboxylic acids is 1. The molecule has 0 aliphatic rings. The highest BCUT2D eigenvalue weighted by molar-refractivity contribution is 6.02. The average Bonchev–Trinajstić information content (AvgIpc) is 3.08. The number of nitrogens with zero attached hydrogens (tertiary/aromatic N) is 1. The van der Waals surface area contributed by atoms with Gasteiger partial charge >= 0.3 is 5.97 Å². The predicted octanol–water partition coefficient (Wildman–Crippen LogP) is 3.96. The third kappa shape index (κ3) is 3.55. The first-order valence-corrected chi connectivity index (χ1v) is 8.29. The van der Waals surface area contributed by atoms with Crippen LogP contribution >= 0.6 is 0 Å². The van der Waals surface area contributed by atoms with Crippen molar-refractivity contribution in [1.82, 2.24) is 9.97 Å². The summed E-state index contributed by atoms with van der Waals surface area (Å²) in [5.41, 5.74) is 3.30. The van der Waals surface area contributed by atoms with Crippen LogP contribution in [0, 0.1) is 0 Å². The van der Waals surface area contributed by atoms with Crippen LogP contribution < -0.4 is 5.32 Å². The lowest BCUT2D eigenvalue weighted by Crippen LogP contribution is -2.08. The van der Waals surface area contributed by atoms with E-state index < -0.39 is 11.9 Å². The number of amides is 1. The summed E-state index contributed by atoms with van der Waals surface area (Å²) >= 11 is 0. The molecule has 4 aromatic rings. The number of aromatic nitrogens is 2. The molecule has 1 aromatic heterocycles. The van der Waals surface area contributed by atoms with Crippen molar-refractivity contribution in [3.8, 4) is 11.4 Å². The number of imidazole rings is 1. The van der Waals surface area contributed by atoms with Crippen LogP contribution in [0.5, 0.6) is 0 Å². The number of aromatic amines is 1. The van der Waals surface area contributed by atoms with Gasteiger partial charge in [0.05, 0.1) is 11.0 Å². The fourth-order valence-electron chi connectivity index (χ4n) is 2.88. The number of fused-ring (bicyclic) bond motifs is 2. The summed E-state index contributed by atoms with van der Waals surface area (Å²) in [4.78, 5) is 30.0. The van der Waals surface area contributed by atoms with Crippen LogP contribution in [0.4, 0.5) is 5.69 Å². The molecule has 1 heterocycles. The summed E-state index contributed by atoms with van der Waals surface area (Å²) in [5, 5.41) is 13.4. The molecular formula is C21H15N3O3. The van der Waals surface area contributed by atoms with Crippen molar-refractivity contribution in [3.05, 3.63) is 72.8 Å². The zero-order valence-electron chi connectivity index (χ0n) is 14.1. The Morgan fingerprint density at radius 1 is 0.963 bits per heavy atom. The molecule has 0 spiro atoms. The molecule has 132 valence electrons. The third-order valence-corrected chi connectivity index (χ3v) is 4.15. The van der Waals surface area contributed by atoms with E-state index in [9.17, 15) is 9.59 Å². The van der Waals surface area contributed by atoms with Crippen LogP contribution in [-0.2, 0) is 9.59 Å². The summed E-state index contributed by atoms with van der Waals surface area (Å²) in [5.74, 6) is -0.928. The minimum Gasteiger partial charge on any atom is -0.478 e. The second kappa shape index (κ2) is 6.76. The van der Waals surface area contributed by atoms with Crippen LogP contribution in [0.2, 0.25) is 0 Å². The van der Waals surface area contributed by atoms with Gasteiger partial charge in [0.2, 0.25) is 5.91 Å². The van der Waals surface area contributed by atoms with Crippen molar-refractivity contribution < 1.29 is 14.7 Å². The third-order valence-electron chi connectivity index (χ3n) is 4.15. The number of carbonyl (C=O) groups excluding carboxylic acids is 1. The van der Waals surface area contributed by atoms with E-state index >= 15 is 0 Å². The summed E-state index contributed by atoms with van der Waals surface area (Å²) in [6, 6.07) is 19.4. The van der Waals surface area contributed by atoms with Crippen LogP contribution in [0.25, 0.3) is 33.2 Å². The van der Waals surface area contributed by atoms with Crippen molar-refractivity contribution in [2.24, 2.45) is 0 Å². The molecule has 0 aliphatic carbocycles. The van der Waals surface area contributed by atoms with E-state index in [0.29, 0.717) is 5.69 Å². The maximum atomic E-state index is 11.6. The second-order valence-electron chi connectivity index (χ2n) is 6.04. The van der Waals surface area contributed by atoms with Gasteiger partial charge in [-0.15, -0.1) is 0 Å². The molecule has 0 fully saturated rings. The summed E-state index contributed by atoms with van der Waals surface area (Å²) in [7, 11) is 0. The van der Waals surface area contributed by atoms with E-state index in [0.717, 1.165) is 45.3 Å². The molecule has 0 unspecified atom stereocenters. The van der Waals surface area contributed by atoms with Gasteiger partial charge in [-0.2, -0.15) is 0 Å². The predicted molar refractivity (Wildman–Crippen MR) is 104 cm³/mol. The van der Waals surface area contributed by atoms with Crippen molar-refractivity contribution in [1.29, 1.82) is 0 Å². The first-order chi connectivity index (χ1) is 13.1. The molecule has 0 bridgehead atoms. The van der Waals surface area contributed by atoms with Crippen molar-refractivity contribution in [3.63, 3.8) is 0 Å². The largest absolute Gasteiger partial charge is 0.478 e. The molecule has 0 saturated heterocycles. The maximum absolute atomic E-state index is 11.6. The number of anilines is 1. The summed E-state index contributed by atoms with van der Waals surface area (Å²) in [6.45, 7) is 0. The van der Waals surface area contributed by atoms with Crippen molar-refractivity contribution >= 4 is 39.4 Å². The maximum Gasteiger partial charge on any atom is 0.328 e. The Balaban J connectivity index is 1.59. The second-order valence-corrected chi connectivity index (χ2v) is 6.04. The molecule has 3 N–H and O–H groups in total. The summed E-state index contributed by atoms with van der Waals surface area (Å²) in [6.07, 6.45) is 1.77. The Morgan fingerprint density at radius 2 is 1.67 bits per heavy atom. The zero-order valence-corrected chi connectivity index (χ0v) is 14.1. The number of carboxylic acid groups (broad SMARTS) is 1. The normalized spacial score (nSPS) is 11.3. The minimum atomic E-state index is -1.17. The van der Waals surface area contributed by atoms with E-state index in [1.54, 1.807) is 12.1 Å². The van der Waals surface area contributed by atoms with E-state index in [4.69, 9.17) is 5.11 Å². The molecule has 1 amide bonds. The zero-order chi connectivity index (χ0) is 18.8. The lowest BCUT2D eigenvalue weighted by molar-refractivity contribution is -0.131. The van der Waals surface area contributed by atoms with Crippen LogP contribution in [-0.4, -0.2) is 27.0 Å². The highest BCUT2D eigenvalue weighted by Gasteiger charge is 2.07. The first kappa shape index (κ1) is 16.5. The molecule has 0 saturated carbocycles. The van der Waals surface area contributed by atoms with Gasteiger partial charge in [-0.05, 0) is 47.2 Å². The molecule has 3 aromatic carbocycles. The topological polar surface area (TPSA) is 95.1 Å². The first-order valence-electron chi connectivity index (χ1n) is 8.29. The number of nitrogens with one attached hydrogen (secondary N) is 2. The van der Waals surface area contributed by atoms with Crippen molar-refractivity contribution in [2.45, 2.75) is 0 Å². The number of benzene rings is 3. The Kier molecular flexibility index (Phi) is 4.14. The molecule has 6 nitrogen and oxygen atoms in total. The Morgan fingerprint density at radius 3 is 2.37 bits per heavy atom. The lowest BCUT2D eigenvalue weighted by Gasteiger charge is -2.03. The fraction of sp³-hybridized carbons (Fsp3) is 0. The standard InChI is InChI=1S/C21H15N3O3/c25-19(9-10-20(26)27)22-16-7-5-13(6-8-16)21-23-17-11-14-3-1-2-4-15(14)12-18(17)24-21/h1-12H,(H,22,25)(H,23,24)(H,26,27)/b10-9-. The number of carbonyl (C=O) groups is 2. The van der Waals surface area contributed by atoms with Crippen LogP contribution in [0.1, 0.15) is 0 Å². The van der Waals surface area contributed by atoms with Crippen molar-refractivity contribution in [2.75, 3.05) is 5.32 Å². The van der Waals surface area contributed by atoms with E-state index in [1.807, 2.05) is 30.3 Å². The number of hydrogen-bond acceptors (Lipinski definition) is 3. The minimum absolute atomic E-state index is 0.499. The monoisotopic (exact) mass is 357 g/mol. The number of H-pyrrole nitrogens is 1. The molecule has 6 heteroatoms. The highest BCUT2D eigenvalue weighted by atomic mass is 16.4. The number of hydrogen-bond donors (Lipinski definition) is 3. The van der Waals surface area contributed by atoms with Gasteiger partial charge in [-0.25, -0.2) is 9.78 Å². The van der Waals surface area contributed by atoms with Gasteiger partial charge in [-0.3, -0.25) is 4.79 Å². The van der Waals surface area contributed by atoms with Gasteiger partial charge in [-0.1, -0.05) is 24.3 Å². The van der Waals surface area contributed by atoms with Gasteiger partial charge in [0.15, 0.2) is 0 Å². The SMILES string of the molecule is O=C(O)/C=C\C(=O)Nc1ccc(-c2nc3cc4ccccc4cc3[nH]2)cc1. The number of aliphatic carboxylic acids is 1. The van der Waals surface area contributed by atoms with E-state index in [-0.39, 0.29) is 0 Å². The van der Waals surface area contributed by atoms with Gasteiger partial charge in [0.25, 0.3) is 0 Å². The Hall–Kier alpha value is -3.93. The van der Waals surface area contributed by atoms with Gasteiger partial charge in [0, 0.05) is 23.4 Å². The summed E-state index contributed by atoms with van der Waals surface area (Å²) < 4.78 is 0. The highest BCUT2D eigenvalue weighted by Crippen LogP contribution is 2.25. The van der Waals surface area contributed by atoms with Gasteiger partial charge < -0.3 is 15.4 Å². The lowest BCUT2D eigenvalue weighted by atomic mass is 10.1. The van der Waals surface area contributed by atoms with Gasteiger partial charge in [0.1, 0.15) is 5.82 Å². The molecule has 0 aliphatic heterocycles.